The molecule has 1 saturated heterocycles. The number of aromatic nitrogens is 2. The fourth-order valence-corrected chi connectivity index (χ4v) is 3.81. The lowest BCUT2D eigenvalue weighted by Crippen LogP contribution is -2.45. The molecule has 1 aliphatic rings. The molecule has 1 aliphatic heterocycles. The Balaban J connectivity index is 2.28. The summed E-state index contributed by atoms with van der Waals surface area (Å²) in [4.78, 5) is 0. The molecule has 16 heavy (non-hydrogen) atoms. The molecule has 1 fully saturated rings. The zero-order chi connectivity index (χ0) is 11.8. The maximum absolute atomic E-state index is 11.4. The Morgan fingerprint density at radius 1 is 1.50 bits per heavy atom. The number of hydrogen-bond acceptors (Lipinski definition) is 4. The van der Waals surface area contributed by atoms with Crippen LogP contribution in [0.25, 0.3) is 0 Å². The minimum atomic E-state index is -2.93. The van der Waals surface area contributed by atoms with E-state index < -0.39 is 15.4 Å². The van der Waals surface area contributed by atoms with Crippen molar-refractivity contribution in [3.8, 4) is 0 Å². The third kappa shape index (κ3) is 2.16. The molecule has 0 radical (unpaired) electrons. The van der Waals surface area contributed by atoms with Crippen LogP contribution in [-0.4, -0.2) is 41.4 Å². The van der Waals surface area contributed by atoms with Crippen LogP contribution in [0.1, 0.15) is 12.8 Å². The van der Waals surface area contributed by atoms with Gasteiger partial charge in [-0.2, -0.15) is 5.10 Å². The average molecular weight is 309 g/mol. The average Bonchev–Trinajstić information content (AvgIpc) is 2.66. The van der Waals surface area contributed by atoms with E-state index in [4.69, 9.17) is 0 Å². The zero-order valence-electron chi connectivity index (χ0n) is 8.63. The van der Waals surface area contributed by atoms with Crippen LogP contribution in [0.3, 0.4) is 0 Å². The highest BCUT2D eigenvalue weighted by Gasteiger charge is 2.39. The van der Waals surface area contributed by atoms with Crippen molar-refractivity contribution < 1.29 is 13.5 Å². The van der Waals surface area contributed by atoms with Gasteiger partial charge in [0, 0.05) is 6.20 Å². The minimum absolute atomic E-state index is 0.0867. The molecule has 1 N–H and O–H groups in total. The fraction of sp³-hybridized carbons (Fsp3) is 0.667. The Morgan fingerprint density at radius 3 is 2.56 bits per heavy atom. The molecule has 2 heterocycles. The van der Waals surface area contributed by atoms with Gasteiger partial charge in [-0.3, -0.25) is 4.68 Å². The van der Waals surface area contributed by atoms with Crippen molar-refractivity contribution in [1.82, 2.24) is 9.78 Å². The summed E-state index contributed by atoms with van der Waals surface area (Å²) in [6, 6.07) is 0. The van der Waals surface area contributed by atoms with Crippen LogP contribution in [0, 0.1) is 0 Å². The Bertz CT molecular complexity index is 469. The topological polar surface area (TPSA) is 72.2 Å². The second-order valence-electron chi connectivity index (χ2n) is 4.14. The maximum atomic E-state index is 11.4. The first-order valence-corrected chi connectivity index (χ1v) is 7.61. The summed E-state index contributed by atoms with van der Waals surface area (Å²) in [5, 5.41) is 13.6. The number of sulfone groups is 1. The van der Waals surface area contributed by atoms with Gasteiger partial charge in [0.25, 0.3) is 0 Å². The molecular formula is C9H13BrN2O3S. The Hall–Kier alpha value is -0.400. The predicted molar refractivity (Wildman–Crippen MR) is 62.9 cm³/mol. The van der Waals surface area contributed by atoms with Gasteiger partial charge in [0.15, 0.2) is 9.84 Å². The van der Waals surface area contributed by atoms with Crippen molar-refractivity contribution in [2.75, 3.05) is 18.1 Å². The smallest absolute Gasteiger partial charge is 0.150 e. The number of hydrogen-bond donors (Lipinski definition) is 1. The second-order valence-corrected chi connectivity index (χ2v) is 7.36. The van der Waals surface area contributed by atoms with Gasteiger partial charge in [-0.1, -0.05) is 0 Å². The molecule has 0 spiro atoms. The first-order valence-electron chi connectivity index (χ1n) is 4.99. The summed E-state index contributed by atoms with van der Waals surface area (Å²) in [5.74, 6) is 0.232. The first-order chi connectivity index (χ1) is 7.47. The van der Waals surface area contributed by atoms with E-state index in [1.54, 1.807) is 17.1 Å². The van der Waals surface area contributed by atoms with Crippen LogP contribution in [0.15, 0.2) is 16.9 Å². The summed E-state index contributed by atoms with van der Waals surface area (Å²) in [5.41, 5.74) is -0.558. The summed E-state index contributed by atoms with van der Waals surface area (Å²) in [7, 11) is -2.93. The molecule has 2 rings (SSSR count). The van der Waals surface area contributed by atoms with Crippen molar-refractivity contribution in [3.63, 3.8) is 0 Å². The number of nitrogens with zero attached hydrogens (tertiary/aromatic N) is 2. The number of halogens is 1. The molecule has 1 aromatic rings. The van der Waals surface area contributed by atoms with Crippen molar-refractivity contribution in [2.45, 2.75) is 18.4 Å². The summed E-state index contributed by atoms with van der Waals surface area (Å²) < 4.78 is 25.2. The first kappa shape index (κ1) is 12.1. The Morgan fingerprint density at radius 2 is 2.12 bits per heavy atom. The lowest BCUT2D eigenvalue weighted by molar-refractivity contribution is 0.107. The molecule has 5 nitrogen and oxygen atoms in total. The van der Waals surface area contributed by atoms with Gasteiger partial charge >= 0.3 is 0 Å². The molecule has 1 aromatic heterocycles. The standard InChI is InChI=1S/C9H13BrN2O3S/c10-8-5-11-12(6-8)9(7-13)1-3-16(14,15)4-2-9/h5-6,13H,1-4,7H2. The van der Waals surface area contributed by atoms with E-state index >= 15 is 0 Å². The molecular weight excluding hydrogens is 296 g/mol. The molecule has 7 heteroatoms. The summed E-state index contributed by atoms with van der Waals surface area (Å²) in [6.07, 6.45) is 4.24. The fourth-order valence-electron chi connectivity index (χ4n) is 1.94. The monoisotopic (exact) mass is 308 g/mol. The van der Waals surface area contributed by atoms with Crippen LogP contribution in [0.5, 0.6) is 0 Å². The van der Waals surface area contributed by atoms with E-state index in [2.05, 4.69) is 21.0 Å². The predicted octanol–water partition coefficient (Wildman–Crippen LogP) is 0.542. The molecule has 0 unspecified atom stereocenters. The van der Waals surface area contributed by atoms with Crippen molar-refractivity contribution in [3.05, 3.63) is 16.9 Å². The van der Waals surface area contributed by atoms with Gasteiger partial charge < -0.3 is 5.11 Å². The summed E-state index contributed by atoms with van der Waals surface area (Å²) >= 11 is 3.29. The molecule has 90 valence electrons. The minimum Gasteiger partial charge on any atom is -0.394 e. The number of rotatable bonds is 2. The normalized spacial score (nSPS) is 23.1. The third-order valence-corrected chi connectivity index (χ3v) is 5.15. The quantitative estimate of drug-likeness (QED) is 0.865. The Labute approximate surface area is 103 Å². The molecule has 0 saturated carbocycles. The van der Waals surface area contributed by atoms with Crippen molar-refractivity contribution >= 4 is 25.8 Å². The molecule has 0 aliphatic carbocycles. The molecule has 0 amide bonds. The van der Waals surface area contributed by atoms with Crippen molar-refractivity contribution in [1.29, 1.82) is 0 Å². The van der Waals surface area contributed by atoms with Gasteiger partial charge in [0.2, 0.25) is 0 Å². The van der Waals surface area contributed by atoms with E-state index in [1.165, 1.54) is 0 Å². The molecule has 0 aromatic carbocycles. The van der Waals surface area contributed by atoms with E-state index in [0.29, 0.717) is 12.8 Å². The third-order valence-electron chi connectivity index (χ3n) is 3.09. The lowest BCUT2D eigenvalue weighted by atomic mass is 9.94. The van der Waals surface area contributed by atoms with Crippen LogP contribution in [0.4, 0.5) is 0 Å². The SMILES string of the molecule is O=S1(=O)CCC(CO)(n2cc(Br)cn2)CC1. The highest BCUT2D eigenvalue weighted by molar-refractivity contribution is 9.10. The summed E-state index contributed by atoms with van der Waals surface area (Å²) in [6.45, 7) is -0.0867. The van der Waals surface area contributed by atoms with E-state index in [-0.39, 0.29) is 18.1 Å². The van der Waals surface area contributed by atoms with Gasteiger partial charge in [-0.25, -0.2) is 8.42 Å². The van der Waals surface area contributed by atoms with E-state index in [9.17, 15) is 13.5 Å². The lowest BCUT2D eigenvalue weighted by Gasteiger charge is -2.35. The van der Waals surface area contributed by atoms with Crippen LogP contribution < -0.4 is 0 Å². The largest absolute Gasteiger partial charge is 0.394 e. The second kappa shape index (κ2) is 4.12. The van der Waals surface area contributed by atoms with E-state index in [0.717, 1.165) is 4.47 Å². The Kier molecular flexibility index (Phi) is 3.11. The highest BCUT2D eigenvalue weighted by atomic mass is 79.9. The van der Waals surface area contributed by atoms with E-state index in [1.807, 2.05) is 0 Å². The number of aliphatic hydroxyl groups is 1. The van der Waals surface area contributed by atoms with Crippen molar-refractivity contribution in [2.24, 2.45) is 0 Å². The highest BCUT2D eigenvalue weighted by Crippen LogP contribution is 2.31. The van der Waals surface area contributed by atoms with Gasteiger partial charge in [0.1, 0.15) is 0 Å². The molecule has 0 bridgehead atoms. The van der Waals surface area contributed by atoms with Gasteiger partial charge in [0.05, 0.1) is 34.3 Å². The maximum Gasteiger partial charge on any atom is 0.150 e. The molecule has 0 atom stereocenters. The van der Waals surface area contributed by atoms with Gasteiger partial charge in [-0.05, 0) is 28.8 Å². The van der Waals surface area contributed by atoms with Crippen LogP contribution in [0.2, 0.25) is 0 Å². The van der Waals surface area contributed by atoms with Crippen LogP contribution in [-0.2, 0) is 15.4 Å². The number of aliphatic hydroxyl groups excluding tert-OH is 1. The zero-order valence-corrected chi connectivity index (χ0v) is 11.0. The van der Waals surface area contributed by atoms with Crippen LogP contribution >= 0.6 is 15.9 Å². The van der Waals surface area contributed by atoms with Gasteiger partial charge in [-0.15, -0.1) is 0 Å².